The van der Waals surface area contributed by atoms with Gasteiger partial charge in [0.05, 0.1) is 26.3 Å². The van der Waals surface area contributed by atoms with E-state index in [0.717, 1.165) is 12.8 Å². The summed E-state index contributed by atoms with van der Waals surface area (Å²) in [6.45, 7) is 1.75. The van der Waals surface area contributed by atoms with Crippen molar-refractivity contribution in [3.8, 4) is 17.2 Å². The molecule has 31 heavy (non-hydrogen) atoms. The van der Waals surface area contributed by atoms with Crippen molar-refractivity contribution in [3.05, 3.63) is 52.5 Å². The fourth-order valence-electron chi connectivity index (χ4n) is 3.45. The number of amides is 2. The lowest BCUT2D eigenvalue weighted by Crippen LogP contribution is -2.37. The Morgan fingerprint density at radius 3 is 2.35 bits per heavy atom. The maximum Gasteiger partial charge on any atom is 0.257 e. The number of hydrogen-bond acceptors (Lipinski definition) is 5. The quantitative estimate of drug-likeness (QED) is 0.718. The van der Waals surface area contributed by atoms with Crippen molar-refractivity contribution in [2.45, 2.75) is 12.8 Å². The highest BCUT2D eigenvalue weighted by atomic mass is 35.5. The summed E-state index contributed by atoms with van der Waals surface area (Å²) in [7, 11) is 4.85. The maximum atomic E-state index is 13.2. The average Bonchev–Trinajstić information content (AvgIpc) is 2.79. The van der Waals surface area contributed by atoms with Crippen LogP contribution in [0.5, 0.6) is 17.2 Å². The molecule has 0 unspecified atom stereocenters. The third-order valence-corrected chi connectivity index (χ3v) is 5.43. The highest BCUT2D eigenvalue weighted by Crippen LogP contribution is 2.26. The average molecular weight is 447 g/mol. The van der Waals surface area contributed by atoms with Crippen LogP contribution < -0.4 is 14.2 Å². The lowest BCUT2D eigenvalue weighted by Gasteiger charge is -2.26. The van der Waals surface area contributed by atoms with Crippen molar-refractivity contribution < 1.29 is 23.8 Å². The Kier molecular flexibility index (Phi) is 7.63. The number of carbonyl (C=O) groups is 2. The number of ether oxygens (including phenoxy) is 3. The van der Waals surface area contributed by atoms with Gasteiger partial charge in [0.15, 0.2) is 0 Å². The van der Waals surface area contributed by atoms with Crippen LogP contribution in [-0.2, 0) is 0 Å². The van der Waals surface area contributed by atoms with Gasteiger partial charge in [-0.3, -0.25) is 9.59 Å². The molecule has 7 nitrogen and oxygen atoms in total. The van der Waals surface area contributed by atoms with Crippen LogP contribution in [0, 0.1) is 0 Å². The minimum absolute atomic E-state index is 0.126. The van der Waals surface area contributed by atoms with Gasteiger partial charge in [-0.2, -0.15) is 0 Å². The molecule has 0 fully saturated rings. The Labute approximate surface area is 187 Å². The van der Waals surface area contributed by atoms with Gasteiger partial charge in [-0.05, 0) is 43.2 Å². The van der Waals surface area contributed by atoms with E-state index in [2.05, 4.69) is 0 Å². The van der Waals surface area contributed by atoms with E-state index >= 15 is 0 Å². The van der Waals surface area contributed by atoms with Crippen molar-refractivity contribution >= 4 is 23.4 Å². The van der Waals surface area contributed by atoms with E-state index in [-0.39, 0.29) is 18.4 Å². The van der Waals surface area contributed by atoms with Gasteiger partial charge >= 0.3 is 0 Å². The van der Waals surface area contributed by atoms with Gasteiger partial charge in [0.1, 0.15) is 23.9 Å². The molecule has 0 saturated carbocycles. The van der Waals surface area contributed by atoms with Crippen molar-refractivity contribution in [1.29, 1.82) is 0 Å². The predicted molar refractivity (Wildman–Crippen MR) is 119 cm³/mol. The molecule has 3 rings (SSSR count). The molecule has 0 spiro atoms. The molecule has 1 aliphatic heterocycles. The number of methoxy groups -OCH3 is 2. The molecule has 166 valence electrons. The summed E-state index contributed by atoms with van der Waals surface area (Å²) in [5.41, 5.74) is 0.911. The standard InChI is InChI=1S/C23H27ClN2O5/c1-25-8-4-5-9-26(22(27)16-12-18(29-2)15-19(13-16)30-3)10-11-31-21-7-6-17(24)14-20(21)23(25)28/h6-7,12-15H,4-5,8-11H2,1-3H3. The molecule has 0 atom stereocenters. The van der Waals surface area contributed by atoms with Gasteiger partial charge in [0.2, 0.25) is 0 Å². The van der Waals surface area contributed by atoms with Gasteiger partial charge in [-0.25, -0.2) is 0 Å². The summed E-state index contributed by atoms with van der Waals surface area (Å²) in [5.74, 6) is 1.31. The number of fused-ring (bicyclic) bond motifs is 1. The van der Waals surface area contributed by atoms with E-state index in [1.807, 2.05) is 0 Å². The van der Waals surface area contributed by atoms with Crippen LogP contribution >= 0.6 is 11.6 Å². The summed E-state index contributed by atoms with van der Waals surface area (Å²) in [4.78, 5) is 29.4. The zero-order chi connectivity index (χ0) is 22.4. The molecule has 2 aromatic rings. The summed E-state index contributed by atoms with van der Waals surface area (Å²) >= 11 is 6.10. The minimum Gasteiger partial charge on any atom is -0.497 e. The number of carbonyl (C=O) groups excluding carboxylic acids is 2. The first kappa shape index (κ1) is 22.7. The third kappa shape index (κ3) is 5.61. The van der Waals surface area contributed by atoms with Gasteiger partial charge in [0.25, 0.3) is 11.8 Å². The summed E-state index contributed by atoms with van der Waals surface area (Å²) in [5, 5.41) is 0.472. The molecule has 0 aliphatic carbocycles. The zero-order valence-electron chi connectivity index (χ0n) is 18.0. The highest BCUT2D eigenvalue weighted by Gasteiger charge is 2.21. The monoisotopic (exact) mass is 446 g/mol. The first-order valence-corrected chi connectivity index (χ1v) is 10.5. The van der Waals surface area contributed by atoms with Crippen molar-refractivity contribution in [2.75, 3.05) is 47.5 Å². The Bertz CT molecular complexity index is 927. The lowest BCUT2D eigenvalue weighted by atomic mass is 10.1. The summed E-state index contributed by atoms with van der Waals surface area (Å²) in [6, 6.07) is 10.1. The smallest absolute Gasteiger partial charge is 0.257 e. The van der Waals surface area contributed by atoms with Crippen LogP contribution in [0.25, 0.3) is 0 Å². The van der Waals surface area contributed by atoms with Gasteiger partial charge in [-0.1, -0.05) is 11.6 Å². The Hall–Kier alpha value is -2.93. The highest BCUT2D eigenvalue weighted by molar-refractivity contribution is 6.31. The SMILES string of the molecule is COc1cc(OC)cc(C(=O)N2CCCCN(C)C(=O)c3cc(Cl)ccc3OCC2)c1. The number of benzene rings is 2. The second-order valence-electron chi connectivity index (χ2n) is 7.32. The number of hydrogen-bond donors (Lipinski definition) is 0. The summed E-state index contributed by atoms with van der Waals surface area (Å²) in [6.07, 6.45) is 1.52. The Morgan fingerprint density at radius 1 is 1.00 bits per heavy atom. The molecule has 0 radical (unpaired) electrons. The largest absolute Gasteiger partial charge is 0.497 e. The van der Waals surface area contributed by atoms with Crippen LogP contribution in [-0.4, -0.2) is 69.1 Å². The summed E-state index contributed by atoms with van der Waals surface area (Å²) < 4.78 is 16.5. The van der Waals surface area contributed by atoms with Crippen LogP contribution in [0.4, 0.5) is 0 Å². The third-order valence-electron chi connectivity index (χ3n) is 5.19. The molecule has 0 aromatic heterocycles. The molecule has 2 aromatic carbocycles. The van der Waals surface area contributed by atoms with Crippen LogP contribution in [0.3, 0.4) is 0 Å². The normalized spacial score (nSPS) is 15.3. The number of halogens is 1. The fraction of sp³-hybridized carbons (Fsp3) is 0.391. The topological polar surface area (TPSA) is 68.3 Å². The molecule has 8 heteroatoms. The first-order chi connectivity index (χ1) is 14.9. The molecule has 0 saturated heterocycles. The minimum atomic E-state index is -0.130. The van der Waals surface area contributed by atoms with E-state index in [4.69, 9.17) is 25.8 Å². The number of nitrogens with zero attached hydrogens (tertiary/aromatic N) is 2. The lowest BCUT2D eigenvalue weighted by molar-refractivity contribution is 0.0703. The Balaban J connectivity index is 1.83. The van der Waals surface area contributed by atoms with Crippen LogP contribution in [0.2, 0.25) is 5.02 Å². The van der Waals surface area contributed by atoms with Gasteiger partial charge < -0.3 is 24.0 Å². The first-order valence-electron chi connectivity index (χ1n) is 10.1. The predicted octanol–water partition coefficient (Wildman–Crippen LogP) is 3.74. The molecule has 1 aliphatic rings. The molecule has 2 amide bonds. The van der Waals surface area contributed by atoms with Gasteiger partial charge in [0, 0.05) is 36.8 Å². The van der Waals surface area contributed by atoms with E-state index in [1.54, 1.807) is 67.5 Å². The van der Waals surface area contributed by atoms with Crippen LogP contribution in [0.1, 0.15) is 33.6 Å². The molecule has 0 N–H and O–H groups in total. The fourth-order valence-corrected chi connectivity index (χ4v) is 3.62. The van der Waals surface area contributed by atoms with E-state index in [9.17, 15) is 9.59 Å². The Morgan fingerprint density at radius 2 is 1.68 bits per heavy atom. The molecular formula is C23H27ClN2O5. The second kappa shape index (κ2) is 10.4. The van der Waals surface area contributed by atoms with Crippen molar-refractivity contribution in [3.63, 3.8) is 0 Å². The molecule has 0 bridgehead atoms. The maximum absolute atomic E-state index is 13.2. The zero-order valence-corrected chi connectivity index (χ0v) is 18.8. The van der Waals surface area contributed by atoms with Gasteiger partial charge in [-0.15, -0.1) is 0 Å². The molecule has 1 heterocycles. The van der Waals surface area contributed by atoms with Crippen LogP contribution in [0.15, 0.2) is 36.4 Å². The van der Waals surface area contributed by atoms with Crippen molar-refractivity contribution in [1.82, 2.24) is 9.80 Å². The van der Waals surface area contributed by atoms with E-state index in [1.165, 1.54) is 0 Å². The second-order valence-corrected chi connectivity index (χ2v) is 7.75. The van der Waals surface area contributed by atoms with Crippen molar-refractivity contribution in [2.24, 2.45) is 0 Å². The van der Waals surface area contributed by atoms with E-state index < -0.39 is 0 Å². The number of rotatable bonds is 3. The van der Waals surface area contributed by atoms with E-state index in [0.29, 0.717) is 53.0 Å². The molecular weight excluding hydrogens is 420 g/mol.